The molecule has 0 saturated heterocycles. The summed E-state index contributed by atoms with van der Waals surface area (Å²) >= 11 is 0. The molecule has 0 fully saturated rings. The summed E-state index contributed by atoms with van der Waals surface area (Å²) in [5.74, 6) is -0.0331. The zero-order chi connectivity index (χ0) is 13.3. The summed E-state index contributed by atoms with van der Waals surface area (Å²) in [6, 6.07) is 3.65. The van der Waals surface area contributed by atoms with E-state index < -0.39 is 0 Å². The standard InChI is InChI=1S/C14H20N2O2/c1-4-10(7-17)15-13-11-8(2)5-6-9(3)12(11)16-14(13)18/h5-6,10,13,15,17H,4,7H2,1-3H3,(H,16,18). The summed E-state index contributed by atoms with van der Waals surface area (Å²) in [5.41, 5.74) is 4.11. The number of hydrogen-bond donors (Lipinski definition) is 3. The van der Waals surface area contributed by atoms with E-state index in [-0.39, 0.29) is 24.6 Å². The van der Waals surface area contributed by atoms with Crippen LogP contribution in [-0.4, -0.2) is 23.7 Å². The third-order valence-electron chi connectivity index (χ3n) is 3.59. The molecule has 3 N–H and O–H groups in total. The monoisotopic (exact) mass is 248 g/mol. The van der Waals surface area contributed by atoms with Gasteiger partial charge in [0.25, 0.3) is 0 Å². The number of aliphatic hydroxyl groups excluding tert-OH is 1. The molecule has 0 aromatic heterocycles. The molecular weight excluding hydrogens is 228 g/mol. The number of fused-ring (bicyclic) bond motifs is 1. The molecule has 1 amide bonds. The minimum Gasteiger partial charge on any atom is -0.395 e. The first kappa shape index (κ1) is 13.1. The van der Waals surface area contributed by atoms with Crippen molar-refractivity contribution in [3.63, 3.8) is 0 Å². The molecule has 2 rings (SSSR count). The van der Waals surface area contributed by atoms with Gasteiger partial charge < -0.3 is 10.4 Å². The molecular formula is C14H20N2O2. The van der Waals surface area contributed by atoms with Gasteiger partial charge in [-0.2, -0.15) is 0 Å². The van der Waals surface area contributed by atoms with Crippen molar-refractivity contribution in [2.75, 3.05) is 11.9 Å². The Labute approximate surface area is 107 Å². The molecule has 4 nitrogen and oxygen atoms in total. The first-order valence-electron chi connectivity index (χ1n) is 6.36. The number of anilines is 1. The fourth-order valence-corrected chi connectivity index (χ4v) is 2.39. The van der Waals surface area contributed by atoms with Crippen LogP contribution in [0.1, 0.15) is 36.1 Å². The summed E-state index contributed by atoms with van der Waals surface area (Å²) in [6.45, 7) is 6.03. The van der Waals surface area contributed by atoms with Crippen LogP contribution in [0.25, 0.3) is 0 Å². The topological polar surface area (TPSA) is 61.4 Å². The van der Waals surface area contributed by atoms with E-state index in [1.807, 2.05) is 32.9 Å². The number of aryl methyl sites for hydroxylation is 2. The number of aliphatic hydroxyl groups is 1. The van der Waals surface area contributed by atoms with Crippen molar-refractivity contribution < 1.29 is 9.90 Å². The van der Waals surface area contributed by atoms with E-state index in [1.54, 1.807) is 0 Å². The number of hydrogen-bond acceptors (Lipinski definition) is 3. The molecule has 0 radical (unpaired) electrons. The summed E-state index contributed by atoms with van der Waals surface area (Å²) in [4.78, 5) is 12.0. The molecule has 0 aliphatic carbocycles. The first-order valence-corrected chi connectivity index (χ1v) is 6.36. The fraction of sp³-hybridized carbons (Fsp3) is 0.500. The quantitative estimate of drug-likeness (QED) is 0.759. The molecule has 18 heavy (non-hydrogen) atoms. The largest absolute Gasteiger partial charge is 0.395 e. The Bertz CT molecular complexity index is 467. The van der Waals surface area contributed by atoms with E-state index in [0.717, 1.165) is 28.8 Å². The van der Waals surface area contributed by atoms with Crippen LogP contribution >= 0.6 is 0 Å². The fourth-order valence-electron chi connectivity index (χ4n) is 2.39. The Hall–Kier alpha value is -1.39. The first-order chi connectivity index (χ1) is 8.58. The van der Waals surface area contributed by atoms with E-state index in [2.05, 4.69) is 10.6 Å². The lowest BCUT2D eigenvalue weighted by atomic mass is 9.98. The zero-order valence-electron chi connectivity index (χ0n) is 11.1. The lowest BCUT2D eigenvalue weighted by Gasteiger charge is -2.20. The second kappa shape index (κ2) is 5.08. The van der Waals surface area contributed by atoms with Gasteiger partial charge in [0.2, 0.25) is 5.91 Å². The van der Waals surface area contributed by atoms with Gasteiger partial charge in [-0.15, -0.1) is 0 Å². The molecule has 1 aliphatic heterocycles. The predicted octanol–water partition coefficient (Wildman–Crippen LogP) is 1.66. The van der Waals surface area contributed by atoms with Crippen LogP contribution in [0.5, 0.6) is 0 Å². The molecule has 1 aromatic rings. The number of rotatable bonds is 4. The van der Waals surface area contributed by atoms with Crippen molar-refractivity contribution in [2.45, 2.75) is 39.3 Å². The average molecular weight is 248 g/mol. The number of benzene rings is 1. The second-order valence-electron chi connectivity index (χ2n) is 4.86. The van der Waals surface area contributed by atoms with Crippen LogP contribution in [0.2, 0.25) is 0 Å². The highest BCUT2D eigenvalue weighted by molar-refractivity contribution is 6.03. The van der Waals surface area contributed by atoms with Gasteiger partial charge in [-0.1, -0.05) is 19.1 Å². The molecule has 4 heteroatoms. The Morgan fingerprint density at radius 2 is 2.06 bits per heavy atom. The summed E-state index contributed by atoms with van der Waals surface area (Å²) in [5, 5.41) is 15.4. The molecule has 0 spiro atoms. The lowest BCUT2D eigenvalue weighted by molar-refractivity contribution is -0.118. The van der Waals surface area contributed by atoms with Crippen molar-refractivity contribution in [1.82, 2.24) is 5.32 Å². The average Bonchev–Trinajstić information content (AvgIpc) is 2.69. The van der Waals surface area contributed by atoms with Crippen molar-refractivity contribution in [2.24, 2.45) is 0 Å². The van der Waals surface area contributed by atoms with Gasteiger partial charge in [-0.05, 0) is 31.4 Å². The SMILES string of the molecule is CCC(CO)NC1C(=O)Nc2c(C)ccc(C)c21. The van der Waals surface area contributed by atoms with Crippen molar-refractivity contribution >= 4 is 11.6 Å². The van der Waals surface area contributed by atoms with Gasteiger partial charge in [0.15, 0.2) is 0 Å². The van der Waals surface area contributed by atoms with Gasteiger partial charge in [-0.3, -0.25) is 10.1 Å². The van der Waals surface area contributed by atoms with Crippen LogP contribution in [0.4, 0.5) is 5.69 Å². The Balaban J connectivity index is 2.35. The van der Waals surface area contributed by atoms with Gasteiger partial charge >= 0.3 is 0 Å². The smallest absolute Gasteiger partial charge is 0.246 e. The molecule has 0 bridgehead atoms. The maximum atomic E-state index is 12.0. The van der Waals surface area contributed by atoms with Crippen LogP contribution in [0.15, 0.2) is 12.1 Å². The summed E-state index contributed by atoms with van der Waals surface area (Å²) in [7, 11) is 0. The highest BCUT2D eigenvalue weighted by Gasteiger charge is 2.33. The highest BCUT2D eigenvalue weighted by Crippen LogP contribution is 2.36. The normalized spacial score (nSPS) is 19.6. The molecule has 98 valence electrons. The Morgan fingerprint density at radius 1 is 1.39 bits per heavy atom. The van der Waals surface area contributed by atoms with Crippen LogP contribution < -0.4 is 10.6 Å². The zero-order valence-corrected chi connectivity index (χ0v) is 11.1. The lowest BCUT2D eigenvalue weighted by Crippen LogP contribution is -2.38. The number of amides is 1. The summed E-state index contributed by atoms with van der Waals surface area (Å²) in [6.07, 6.45) is 0.792. The van der Waals surface area contributed by atoms with Crippen LogP contribution in [0, 0.1) is 13.8 Å². The molecule has 1 aliphatic rings. The van der Waals surface area contributed by atoms with E-state index in [9.17, 15) is 9.90 Å². The van der Waals surface area contributed by atoms with Crippen LogP contribution in [-0.2, 0) is 4.79 Å². The van der Waals surface area contributed by atoms with Crippen molar-refractivity contribution in [1.29, 1.82) is 0 Å². The Kier molecular flexibility index (Phi) is 3.68. The molecule has 1 aromatic carbocycles. The number of nitrogens with one attached hydrogen (secondary N) is 2. The number of carbonyl (C=O) groups is 1. The molecule has 2 unspecified atom stereocenters. The molecule has 2 atom stereocenters. The highest BCUT2D eigenvalue weighted by atomic mass is 16.3. The van der Waals surface area contributed by atoms with Gasteiger partial charge in [0, 0.05) is 17.3 Å². The van der Waals surface area contributed by atoms with Gasteiger partial charge in [0.1, 0.15) is 6.04 Å². The van der Waals surface area contributed by atoms with Crippen molar-refractivity contribution in [3.8, 4) is 0 Å². The van der Waals surface area contributed by atoms with E-state index in [1.165, 1.54) is 0 Å². The van der Waals surface area contributed by atoms with E-state index in [4.69, 9.17) is 0 Å². The van der Waals surface area contributed by atoms with E-state index >= 15 is 0 Å². The van der Waals surface area contributed by atoms with Gasteiger partial charge in [0.05, 0.1) is 6.61 Å². The third-order valence-corrected chi connectivity index (χ3v) is 3.59. The number of carbonyl (C=O) groups excluding carboxylic acids is 1. The predicted molar refractivity (Wildman–Crippen MR) is 71.6 cm³/mol. The molecule has 1 heterocycles. The minimum atomic E-state index is -0.350. The second-order valence-corrected chi connectivity index (χ2v) is 4.86. The minimum absolute atomic E-state index is 0.0331. The summed E-state index contributed by atoms with van der Waals surface area (Å²) < 4.78 is 0. The van der Waals surface area contributed by atoms with Crippen molar-refractivity contribution in [3.05, 3.63) is 28.8 Å². The maximum absolute atomic E-state index is 12.0. The maximum Gasteiger partial charge on any atom is 0.246 e. The molecule has 0 saturated carbocycles. The Morgan fingerprint density at radius 3 is 2.67 bits per heavy atom. The van der Waals surface area contributed by atoms with Crippen LogP contribution in [0.3, 0.4) is 0 Å². The van der Waals surface area contributed by atoms with Gasteiger partial charge in [-0.25, -0.2) is 0 Å². The van der Waals surface area contributed by atoms with E-state index in [0.29, 0.717) is 0 Å². The third kappa shape index (κ3) is 2.13.